The monoisotopic (exact) mass is 684 g/mol. The number of carbonyl (C=O) groups excluding carboxylic acids is 1. The van der Waals surface area contributed by atoms with Crippen LogP contribution in [0.25, 0.3) is 43.7 Å². The summed E-state index contributed by atoms with van der Waals surface area (Å²) in [5.41, 5.74) is 3.25. The average molecular weight is 685 g/mol. The molecule has 0 spiro atoms. The van der Waals surface area contributed by atoms with Gasteiger partial charge in [0, 0.05) is 55.2 Å². The SMILES string of the molecule is COC/C=C/C(=O)N1CCC(n2ncc3c(N4CC(C)(N(C)C)C4)nc4c(F)c(-c5cccc6cccc(C#N)c56)c(C)cc4c32)C[C@H]1CC#N. The van der Waals surface area contributed by atoms with E-state index in [9.17, 15) is 15.3 Å². The predicted molar refractivity (Wildman–Crippen MR) is 197 cm³/mol. The van der Waals surface area contributed by atoms with E-state index in [1.165, 1.54) is 6.08 Å². The van der Waals surface area contributed by atoms with Crippen molar-refractivity contribution in [3.8, 4) is 23.3 Å². The Hall–Kier alpha value is -5.36. The lowest BCUT2D eigenvalue weighted by Crippen LogP contribution is -2.67. The van der Waals surface area contributed by atoms with E-state index in [0.29, 0.717) is 59.3 Å². The van der Waals surface area contributed by atoms with E-state index in [1.54, 1.807) is 24.2 Å². The highest BCUT2D eigenvalue weighted by molar-refractivity contribution is 6.11. The van der Waals surface area contributed by atoms with Crippen LogP contribution in [0.2, 0.25) is 0 Å². The molecule has 0 N–H and O–H groups in total. The van der Waals surface area contributed by atoms with E-state index in [0.717, 1.165) is 34.9 Å². The molecule has 0 bridgehead atoms. The number of carbonyl (C=O) groups is 1. The number of hydrogen-bond acceptors (Lipinski definition) is 8. The number of halogens is 1. The van der Waals surface area contributed by atoms with Gasteiger partial charge in [-0.25, -0.2) is 9.37 Å². The maximum atomic E-state index is 17.4. The fraction of sp³-hybridized carbons (Fsp3) is 0.375. The summed E-state index contributed by atoms with van der Waals surface area (Å²) < 4.78 is 24.4. The highest BCUT2D eigenvalue weighted by Crippen LogP contribution is 2.43. The smallest absolute Gasteiger partial charge is 0.246 e. The maximum absolute atomic E-state index is 17.4. The molecule has 5 aromatic rings. The highest BCUT2D eigenvalue weighted by atomic mass is 19.1. The molecule has 51 heavy (non-hydrogen) atoms. The van der Waals surface area contributed by atoms with Crippen LogP contribution in [0.15, 0.2) is 60.8 Å². The molecule has 2 saturated heterocycles. The summed E-state index contributed by atoms with van der Waals surface area (Å²) in [6, 6.07) is 17.4. The summed E-state index contributed by atoms with van der Waals surface area (Å²) in [7, 11) is 5.70. The number of methoxy groups -OCH3 is 1. The molecular formula is C40H41FN8O2. The molecule has 0 saturated carbocycles. The van der Waals surface area contributed by atoms with Crippen molar-refractivity contribution >= 4 is 44.3 Å². The third-order valence-electron chi connectivity index (χ3n) is 10.9. The molecule has 1 unspecified atom stereocenters. The highest BCUT2D eigenvalue weighted by Gasteiger charge is 2.42. The van der Waals surface area contributed by atoms with Crippen LogP contribution >= 0.6 is 0 Å². The van der Waals surface area contributed by atoms with Crippen molar-refractivity contribution < 1.29 is 13.9 Å². The lowest BCUT2D eigenvalue weighted by atomic mass is 9.89. The number of rotatable bonds is 8. The van der Waals surface area contributed by atoms with Gasteiger partial charge in [0.05, 0.1) is 59.4 Å². The molecule has 2 aliphatic rings. The number of nitrogens with zero attached hydrogens (tertiary/aromatic N) is 8. The molecule has 0 aliphatic carbocycles. The molecule has 4 heterocycles. The van der Waals surface area contributed by atoms with E-state index in [4.69, 9.17) is 14.8 Å². The summed E-state index contributed by atoms with van der Waals surface area (Å²) >= 11 is 0. The van der Waals surface area contributed by atoms with Crippen molar-refractivity contribution in [2.45, 2.75) is 50.7 Å². The molecule has 2 aliphatic heterocycles. The van der Waals surface area contributed by atoms with Gasteiger partial charge in [0.1, 0.15) is 11.3 Å². The predicted octanol–water partition coefficient (Wildman–Crippen LogP) is 6.51. The Balaban J connectivity index is 1.40. The summed E-state index contributed by atoms with van der Waals surface area (Å²) in [4.78, 5) is 24.3. The number of benzene rings is 3. The zero-order valence-electron chi connectivity index (χ0n) is 29.7. The van der Waals surface area contributed by atoms with Gasteiger partial charge in [-0.3, -0.25) is 9.48 Å². The van der Waals surface area contributed by atoms with E-state index >= 15 is 4.39 Å². The molecule has 7 rings (SSSR count). The number of pyridine rings is 1. The molecule has 0 radical (unpaired) electrons. The number of likely N-dealkylation sites (N-methyl/N-ethyl adjacent to an activating group) is 1. The first-order valence-corrected chi connectivity index (χ1v) is 17.3. The second-order valence-electron chi connectivity index (χ2n) is 14.2. The minimum Gasteiger partial charge on any atom is -0.381 e. The molecule has 260 valence electrons. The number of piperidine rings is 1. The Morgan fingerprint density at radius 3 is 2.65 bits per heavy atom. The van der Waals surface area contributed by atoms with Crippen LogP contribution in [0.4, 0.5) is 10.2 Å². The van der Waals surface area contributed by atoms with E-state index in [1.807, 2.05) is 54.2 Å². The number of amides is 1. The van der Waals surface area contributed by atoms with Gasteiger partial charge < -0.3 is 19.4 Å². The van der Waals surface area contributed by atoms with Gasteiger partial charge >= 0.3 is 0 Å². The summed E-state index contributed by atoms with van der Waals surface area (Å²) in [6.07, 6.45) is 6.37. The molecule has 3 aromatic carbocycles. The van der Waals surface area contributed by atoms with Crippen molar-refractivity contribution in [1.29, 1.82) is 10.5 Å². The topological polar surface area (TPSA) is 114 Å². The second-order valence-corrected chi connectivity index (χ2v) is 14.2. The number of aryl methyl sites for hydroxylation is 1. The number of hydrogen-bond donors (Lipinski definition) is 0. The first-order valence-electron chi connectivity index (χ1n) is 17.3. The Bertz CT molecular complexity index is 2290. The first-order chi connectivity index (χ1) is 24.6. The van der Waals surface area contributed by atoms with Crippen LogP contribution in [0.3, 0.4) is 0 Å². The summed E-state index contributed by atoms with van der Waals surface area (Å²) in [5.74, 6) is 0.0903. The van der Waals surface area contributed by atoms with E-state index in [2.05, 4.69) is 43.0 Å². The normalized spacial score (nSPS) is 18.8. The van der Waals surface area contributed by atoms with E-state index < -0.39 is 5.82 Å². The van der Waals surface area contributed by atoms with Crippen molar-refractivity contribution in [2.24, 2.45) is 0 Å². The zero-order valence-corrected chi connectivity index (χ0v) is 29.7. The van der Waals surface area contributed by atoms with Gasteiger partial charge in [-0.2, -0.15) is 15.6 Å². The van der Waals surface area contributed by atoms with Crippen LogP contribution in [-0.2, 0) is 9.53 Å². The zero-order chi connectivity index (χ0) is 36.0. The third-order valence-corrected chi connectivity index (χ3v) is 10.9. The number of fused-ring (bicyclic) bond motifs is 4. The Morgan fingerprint density at radius 1 is 1.18 bits per heavy atom. The number of ether oxygens (including phenoxy) is 1. The third kappa shape index (κ3) is 5.77. The van der Waals surface area contributed by atoms with Crippen LogP contribution in [-0.4, -0.2) is 89.5 Å². The molecular weight excluding hydrogens is 643 g/mol. The Kier molecular flexibility index (Phi) is 8.96. The van der Waals surface area contributed by atoms with Gasteiger partial charge in [0.2, 0.25) is 5.91 Å². The minimum absolute atomic E-state index is 0.0613. The molecule has 2 atom stereocenters. The molecule has 2 fully saturated rings. The molecule has 2 aromatic heterocycles. The number of anilines is 1. The first kappa shape index (κ1) is 34.1. The van der Waals surface area contributed by atoms with Gasteiger partial charge in [0.25, 0.3) is 0 Å². The lowest BCUT2D eigenvalue weighted by molar-refractivity contribution is -0.130. The number of likely N-dealkylation sites (tertiary alicyclic amines) is 1. The quantitative estimate of drug-likeness (QED) is 0.170. The van der Waals surface area contributed by atoms with Crippen LogP contribution in [0.1, 0.15) is 43.4 Å². The number of aromatic nitrogens is 3. The van der Waals surface area contributed by atoms with Gasteiger partial charge in [-0.1, -0.05) is 36.4 Å². The van der Waals surface area contributed by atoms with Gasteiger partial charge in [0.15, 0.2) is 5.82 Å². The summed E-state index contributed by atoms with van der Waals surface area (Å²) in [6.45, 7) is 6.32. The minimum atomic E-state index is -0.442. The van der Waals surface area contributed by atoms with Gasteiger partial charge in [-0.05, 0) is 69.4 Å². The molecule has 11 heteroatoms. The van der Waals surface area contributed by atoms with Crippen molar-refractivity contribution in [3.63, 3.8) is 0 Å². The van der Waals surface area contributed by atoms with Crippen molar-refractivity contribution in [3.05, 3.63) is 77.8 Å². The van der Waals surface area contributed by atoms with E-state index in [-0.39, 0.29) is 35.5 Å². The van der Waals surface area contributed by atoms with Crippen LogP contribution < -0.4 is 4.90 Å². The summed E-state index contributed by atoms with van der Waals surface area (Å²) in [5, 5.41) is 27.7. The maximum Gasteiger partial charge on any atom is 0.246 e. The van der Waals surface area contributed by atoms with Crippen LogP contribution in [0.5, 0.6) is 0 Å². The average Bonchev–Trinajstić information content (AvgIpc) is 3.56. The fourth-order valence-electron chi connectivity index (χ4n) is 7.90. The van der Waals surface area contributed by atoms with Crippen molar-refractivity contribution in [1.82, 2.24) is 24.6 Å². The Labute approximate surface area is 296 Å². The lowest BCUT2D eigenvalue weighted by Gasteiger charge is -2.52. The Morgan fingerprint density at radius 2 is 1.94 bits per heavy atom. The van der Waals surface area contributed by atoms with Crippen LogP contribution in [0, 0.1) is 35.4 Å². The number of nitriles is 2. The molecule has 10 nitrogen and oxygen atoms in total. The van der Waals surface area contributed by atoms with Gasteiger partial charge in [-0.15, -0.1) is 0 Å². The standard InChI is InChI=1S/C40H41FN8O2/c1-25-19-31-37(36(41)34(25)30-12-7-10-26-9-6-11-27(21-43)35(26)30)45-39(47-23-40(2,24-47)46(3)4)32-22-44-49(38(31)32)29-15-17-48(28(20-29)14-16-42)33(50)13-8-18-51-5/h6-13,19,22,28-29H,14-15,17-18,20,23-24H2,1-5H3/b13-8+/t28-,29?/m1/s1. The largest absolute Gasteiger partial charge is 0.381 e. The fourth-order valence-corrected chi connectivity index (χ4v) is 7.90. The second kappa shape index (κ2) is 13.4. The van der Waals surface area contributed by atoms with Crippen molar-refractivity contribution in [2.75, 3.05) is 52.3 Å². The molecule has 1 amide bonds.